The Hall–Kier alpha value is -1.65. The van der Waals surface area contributed by atoms with Gasteiger partial charge in [-0.1, -0.05) is 55.5 Å². The Labute approximate surface area is 145 Å². The van der Waals surface area contributed by atoms with Gasteiger partial charge in [-0.05, 0) is 44.9 Å². The molecule has 0 aliphatic carbocycles. The van der Waals surface area contributed by atoms with E-state index in [2.05, 4.69) is 6.08 Å². The molecule has 4 nitrogen and oxygen atoms in total. The average molecular weight is 336 g/mol. The Bertz CT molecular complexity index is 421. The van der Waals surface area contributed by atoms with Crippen LogP contribution in [-0.4, -0.2) is 33.5 Å². The van der Waals surface area contributed by atoms with Crippen LogP contribution in [0.15, 0.2) is 48.6 Å². The number of aliphatic hydroxyl groups is 2. The van der Waals surface area contributed by atoms with Gasteiger partial charge in [-0.2, -0.15) is 0 Å². The first-order valence-corrected chi connectivity index (χ1v) is 8.75. The zero-order valence-corrected chi connectivity index (χ0v) is 14.7. The lowest BCUT2D eigenvalue weighted by Crippen LogP contribution is -2.24. The maximum Gasteiger partial charge on any atom is 0.303 e. The Kier molecular flexibility index (Phi) is 15.1. The van der Waals surface area contributed by atoms with Crippen molar-refractivity contribution in [1.82, 2.24) is 0 Å². The molecule has 24 heavy (non-hydrogen) atoms. The Balaban J connectivity index is 3.68. The first kappa shape index (κ1) is 22.4. The van der Waals surface area contributed by atoms with Gasteiger partial charge in [0.2, 0.25) is 0 Å². The molecule has 0 aromatic heterocycles. The van der Waals surface area contributed by atoms with Crippen molar-refractivity contribution in [1.29, 1.82) is 0 Å². The summed E-state index contributed by atoms with van der Waals surface area (Å²) in [5.74, 6) is -0.745. The van der Waals surface area contributed by atoms with Gasteiger partial charge < -0.3 is 15.3 Å². The van der Waals surface area contributed by atoms with Gasteiger partial charge in [0.05, 0.1) is 12.2 Å². The number of hydrogen-bond acceptors (Lipinski definition) is 3. The van der Waals surface area contributed by atoms with Crippen molar-refractivity contribution in [3.05, 3.63) is 48.6 Å². The van der Waals surface area contributed by atoms with E-state index in [0.29, 0.717) is 19.3 Å². The summed E-state index contributed by atoms with van der Waals surface area (Å²) in [5.41, 5.74) is 0. The Morgan fingerprint density at radius 3 is 1.88 bits per heavy atom. The van der Waals surface area contributed by atoms with Crippen LogP contribution >= 0.6 is 0 Å². The standard InChI is InChI=1S/C20H32O4/c1-2-3-12-15-18(21)19(22)16-13-10-8-6-4-5-7-9-11-14-17-20(23)24/h3-4,6-7,9-10,12-13,18-19,21-22H,2,5,8,11,14-17H2,1H3,(H,23,24)/b6-4-,9-7-,12-3-,13-10-/t18-,19-/m1/s1. The summed E-state index contributed by atoms with van der Waals surface area (Å²) in [6.07, 6.45) is 19.7. The number of carbonyl (C=O) groups is 1. The summed E-state index contributed by atoms with van der Waals surface area (Å²) in [6, 6.07) is 0. The first-order valence-electron chi connectivity index (χ1n) is 8.75. The normalized spacial score (nSPS) is 15.1. The second kappa shape index (κ2) is 16.2. The predicted molar refractivity (Wildman–Crippen MR) is 98.8 cm³/mol. The second-order valence-electron chi connectivity index (χ2n) is 5.66. The lowest BCUT2D eigenvalue weighted by molar-refractivity contribution is -0.137. The van der Waals surface area contributed by atoms with Crippen molar-refractivity contribution in [3.8, 4) is 0 Å². The smallest absolute Gasteiger partial charge is 0.303 e. The van der Waals surface area contributed by atoms with E-state index in [0.717, 1.165) is 25.7 Å². The molecule has 0 aromatic rings. The zero-order valence-electron chi connectivity index (χ0n) is 14.7. The van der Waals surface area contributed by atoms with E-state index in [-0.39, 0.29) is 6.42 Å². The highest BCUT2D eigenvalue weighted by molar-refractivity contribution is 5.66. The molecule has 0 bridgehead atoms. The maximum atomic E-state index is 10.3. The molecule has 0 radical (unpaired) electrons. The average Bonchev–Trinajstić information content (AvgIpc) is 2.55. The maximum absolute atomic E-state index is 10.3. The lowest BCUT2D eigenvalue weighted by Gasteiger charge is -2.14. The minimum atomic E-state index is -0.745. The van der Waals surface area contributed by atoms with Crippen molar-refractivity contribution < 1.29 is 20.1 Å². The molecule has 0 unspecified atom stereocenters. The van der Waals surface area contributed by atoms with Crippen LogP contribution in [0.2, 0.25) is 0 Å². The van der Waals surface area contributed by atoms with Gasteiger partial charge in [-0.25, -0.2) is 0 Å². The molecule has 0 saturated heterocycles. The summed E-state index contributed by atoms with van der Waals surface area (Å²) in [5, 5.41) is 28.0. The van der Waals surface area contributed by atoms with Gasteiger partial charge in [0.25, 0.3) is 0 Å². The minimum absolute atomic E-state index is 0.223. The molecule has 0 heterocycles. The number of unbranched alkanes of at least 4 members (excludes halogenated alkanes) is 1. The van der Waals surface area contributed by atoms with Crippen LogP contribution in [0.4, 0.5) is 0 Å². The third-order valence-electron chi connectivity index (χ3n) is 3.41. The lowest BCUT2D eigenvalue weighted by atomic mass is 10.1. The molecule has 0 rings (SSSR count). The molecule has 0 aromatic carbocycles. The van der Waals surface area contributed by atoms with Crippen molar-refractivity contribution in [2.75, 3.05) is 0 Å². The number of carboxylic acid groups (broad SMARTS) is 1. The molecular formula is C20H32O4. The summed E-state index contributed by atoms with van der Waals surface area (Å²) in [7, 11) is 0. The molecule has 0 fully saturated rings. The van der Waals surface area contributed by atoms with Gasteiger partial charge in [-0.3, -0.25) is 4.79 Å². The molecule has 4 heteroatoms. The third kappa shape index (κ3) is 15.3. The molecule has 0 amide bonds. The van der Waals surface area contributed by atoms with Crippen molar-refractivity contribution in [2.24, 2.45) is 0 Å². The van der Waals surface area contributed by atoms with Crippen LogP contribution in [0, 0.1) is 0 Å². The van der Waals surface area contributed by atoms with Crippen LogP contribution in [0.25, 0.3) is 0 Å². The summed E-state index contributed by atoms with van der Waals surface area (Å²) >= 11 is 0. The number of aliphatic hydroxyl groups excluding tert-OH is 2. The van der Waals surface area contributed by atoms with Crippen LogP contribution in [-0.2, 0) is 4.79 Å². The van der Waals surface area contributed by atoms with Crippen molar-refractivity contribution >= 4 is 5.97 Å². The van der Waals surface area contributed by atoms with Crippen LogP contribution in [0.1, 0.15) is 58.3 Å². The monoisotopic (exact) mass is 336 g/mol. The molecule has 0 aliphatic heterocycles. The Morgan fingerprint density at radius 2 is 1.33 bits per heavy atom. The largest absolute Gasteiger partial charge is 0.481 e. The highest BCUT2D eigenvalue weighted by Crippen LogP contribution is 2.06. The van der Waals surface area contributed by atoms with Gasteiger partial charge >= 0.3 is 5.97 Å². The first-order chi connectivity index (χ1) is 11.6. The van der Waals surface area contributed by atoms with E-state index in [1.807, 2.05) is 49.5 Å². The number of rotatable bonds is 14. The van der Waals surface area contributed by atoms with Crippen molar-refractivity contribution in [2.45, 2.75) is 70.5 Å². The SMILES string of the molecule is CC/C=C\C[C@@H](O)[C@H](O)C/C=C\C/C=C\C/C=C\CCCC(=O)O. The van der Waals surface area contributed by atoms with E-state index in [1.165, 1.54) is 0 Å². The molecule has 0 aliphatic rings. The third-order valence-corrected chi connectivity index (χ3v) is 3.41. The summed E-state index contributed by atoms with van der Waals surface area (Å²) < 4.78 is 0. The minimum Gasteiger partial charge on any atom is -0.481 e. The van der Waals surface area contributed by atoms with E-state index in [4.69, 9.17) is 5.11 Å². The Morgan fingerprint density at radius 1 is 0.833 bits per heavy atom. The van der Waals surface area contributed by atoms with Crippen LogP contribution in [0.5, 0.6) is 0 Å². The highest BCUT2D eigenvalue weighted by atomic mass is 16.4. The van der Waals surface area contributed by atoms with Gasteiger partial charge in [0, 0.05) is 6.42 Å². The second-order valence-corrected chi connectivity index (χ2v) is 5.66. The summed E-state index contributed by atoms with van der Waals surface area (Å²) in [6.45, 7) is 2.03. The highest BCUT2D eigenvalue weighted by Gasteiger charge is 2.12. The predicted octanol–water partition coefficient (Wildman–Crippen LogP) is 4.16. The molecular weight excluding hydrogens is 304 g/mol. The fourth-order valence-corrected chi connectivity index (χ4v) is 1.98. The zero-order chi connectivity index (χ0) is 18.0. The van der Waals surface area contributed by atoms with Gasteiger partial charge in [0.1, 0.15) is 0 Å². The van der Waals surface area contributed by atoms with Crippen LogP contribution in [0.3, 0.4) is 0 Å². The number of carboxylic acids is 1. The number of aliphatic carboxylic acids is 1. The number of hydrogen-bond donors (Lipinski definition) is 3. The quantitative estimate of drug-likeness (QED) is 0.329. The fourth-order valence-electron chi connectivity index (χ4n) is 1.98. The van der Waals surface area contributed by atoms with E-state index in [1.54, 1.807) is 0 Å². The molecule has 2 atom stereocenters. The molecule has 136 valence electrons. The molecule has 0 spiro atoms. The van der Waals surface area contributed by atoms with E-state index >= 15 is 0 Å². The molecule has 0 saturated carbocycles. The summed E-state index contributed by atoms with van der Waals surface area (Å²) in [4.78, 5) is 10.3. The molecule has 3 N–H and O–H groups in total. The topological polar surface area (TPSA) is 77.8 Å². The van der Waals surface area contributed by atoms with E-state index < -0.39 is 18.2 Å². The van der Waals surface area contributed by atoms with Gasteiger partial charge in [0.15, 0.2) is 0 Å². The number of allylic oxidation sites excluding steroid dienone is 6. The van der Waals surface area contributed by atoms with Gasteiger partial charge in [-0.15, -0.1) is 0 Å². The fraction of sp³-hybridized carbons (Fsp3) is 0.550. The van der Waals surface area contributed by atoms with Crippen molar-refractivity contribution in [3.63, 3.8) is 0 Å². The van der Waals surface area contributed by atoms with E-state index in [9.17, 15) is 15.0 Å². The van der Waals surface area contributed by atoms with Crippen LogP contribution < -0.4 is 0 Å².